The number of hydrogen-bond acceptors (Lipinski definition) is 5. The minimum absolute atomic E-state index is 0.122. The molecule has 1 aromatic carbocycles. The molecule has 0 atom stereocenters. The Hall–Kier alpha value is -2.85. The lowest BCUT2D eigenvalue weighted by atomic mass is 10.1. The Morgan fingerprint density at radius 1 is 1.24 bits per heavy atom. The number of hydrogen-bond donors (Lipinski definition) is 3. The molecule has 0 radical (unpaired) electrons. The predicted molar refractivity (Wildman–Crippen MR) is 95.1 cm³/mol. The fourth-order valence-electron chi connectivity index (χ4n) is 1.98. The number of ether oxygens (including phenoxy) is 1. The highest BCUT2D eigenvalue weighted by Crippen LogP contribution is 2.16. The third kappa shape index (κ3) is 7.50. The lowest BCUT2D eigenvalue weighted by Crippen LogP contribution is -2.22. The van der Waals surface area contributed by atoms with Crippen LogP contribution in [0.2, 0.25) is 0 Å². The van der Waals surface area contributed by atoms with E-state index in [1.807, 2.05) is 0 Å². The number of amides is 2. The summed E-state index contributed by atoms with van der Waals surface area (Å²) < 4.78 is 4.74. The molecule has 0 aromatic heterocycles. The van der Waals surface area contributed by atoms with Crippen molar-refractivity contribution in [3.05, 3.63) is 29.3 Å². The first-order valence-electron chi connectivity index (χ1n) is 7.88. The Balaban J connectivity index is 2.78. The minimum Gasteiger partial charge on any atom is -0.465 e. The first-order valence-corrected chi connectivity index (χ1v) is 7.88. The molecule has 0 unspecified atom stereocenters. The molecule has 0 spiro atoms. The molecule has 0 aliphatic rings. The Morgan fingerprint density at radius 3 is 2.64 bits per heavy atom. The maximum Gasteiger partial charge on any atom is 0.339 e. The van der Waals surface area contributed by atoms with Gasteiger partial charge in [0, 0.05) is 31.1 Å². The van der Waals surface area contributed by atoms with Crippen LogP contribution in [0.1, 0.15) is 35.7 Å². The first-order chi connectivity index (χ1) is 12.0. The standard InChI is InChI=1S/C18H23N3O4/c1-13(22)20-11-5-7-17(23)21-15-8-9-16(18(24)25-3)14(12-15)6-4-10-19-2/h8-9,12,19H,5,7,10-11H2,1-3H3,(H,20,22)(H,21,23). The van der Waals surface area contributed by atoms with Gasteiger partial charge >= 0.3 is 5.97 Å². The van der Waals surface area contributed by atoms with Crippen LogP contribution in [-0.2, 0) is 14.3 Å². The van der Waals surface area contributed by atoms with Crippen LogP contribution in [0.3, 0.4) is 0 Å². The summed E-state index contributed by atoms with van der Waals surface area (Å²) in [6, 6.07) is 4.84. The number of esters is 1. The quantitative estimate of drug-likeness (QED) is 0.388. The summed E-state index contributed by atoms with van der Waals surface area (Å²) in [6.07, 6.45) is 0.820. The molecule has 1 aromatic rings. The van der Waals surface area contributed by atoms with Crippen molar-refractivity contribution in [2.75, 3.05) is 32.6 Å². The average Bonchev–Trinajstić information content (AvgIpc) is 2.58. The normalized spacial score (nSPS) is 9.56. The van der Waals surface area contributed by atoms with Gasteiger partial charge in [0.05, 0.1) is 19.2 Å². The predicted octanol–water partition coefficient (Wildman–Crippen LogP) is 0.899. The summed E-state index contributed by atoms with van der Waals surface area (Å²) in [7, 11) is 3.07. The summed E-state index contributed by atoms with van der Waals surface area (Å²) in [6.45, 7) is 2.35. The molecular weight excluding hydrogens is 322 g/mol. The van der Waals surface area contributed by atoms with E-state index < -0.39 is 5.97 Å². The number of nitrogens with one attached hydrogen (secondary N) is 3. The van der Waals surface area contributed by atoms with Crippen LogP contribution in [0.5, 0.6) is 0 Å². The van der Waals surface area contributed by atoms with E-state index in [1.165, 1.54) is 14.0 Å². The third-order valence-electron chi connectivity index (χ3n) is 3.15. The van der Waals surface area contributed by atoms with Crippen molar-refractivity contribution in [3.8, 4) is 11.8 Å². The van der Waals surface area contributed by atoms with E-state index in [1.54, 1.807) is 25.2 Å². The lowest BCUT2D eigenvalue weighted by molar-refractivity contribution is -0.119. The van der Waals surface area contributed by atoms with Crippen LogP contribution in [0.4, 0.5) is 5.69 Å². The van der Waals surface area contributed by atoms with Crippen LogP contribution >= 0.6 is 0 Å². The monoisotopic (exact) mass is 345 g/mol. The smallest absolute Gasteiger partial charge is 0.339 e. The maximum absolute atomic E-state index is 11.9. The minimum atomic E-state index is -0.484. The van der Waals surface area contributed by atoms with Crippen LogP contribution in [-0.4, -0.2) is 45.0 Å². The van der Waals surface area contributed by atoms with Crippen molar-refractivity contribution in [1.29, 1.82) is 0 Å². The summed E-state index contributed by atoms with van der Waals surface area (Å²) in [5, 5.41) is 8.29. The van der Waals surface area contributed by atoms with Crippen molar-refractivity contribution in [2.45, 2.75) is 19.8 Å². The molecule has 0 aliphatic carbocycles. The largest absolute Gasteiger partial charge is 0.465 e. The van der Waals surface area contributed by atoms with Gasteiger partial charge in [-0.1, -0.05) is 11.8 Å². The van der Waals surface area contributed by atoms with E-state index in [-0.39, 0.29) is 18.2 Å². The topological polar surface area (TPSA) is 96.5 Å². The maximum atomic E-state index is 11.9. The number of methoxy groups -OCH3 is 1. The van der Waals surface area contributed by atoms with Gasteiger partial charge in [0.15, 0.2) is 0 Å². The zero-order chi connectivity index (χ0) is 18.7. The number of carbonyl (C=O) groups excluding carboxylic acids is 3. The van der Waals surface area contributed by atoms with E-state index in [4.69, 9.17) is 4.74 Å². The number of carbonyl (C=O) groups is 3. The fraction of sp³-hybridized carbons (Fsp3) is 0.389. The molecular formula is C18H23N3O4. The molecule has 3 N–H and O–H groups in total. The summed E-state index contributed by atoms with van der Waals surface area (Å²) in [5.41, 5.74) is 1.37. The van der Waals surface area contributed by atoms with Gasteiger partial charge in [-0.3, -0.25) is 9.59 Å². The average molecular weight is 345 g/mol. The number of rotatable bonds is 7. The van der Waals surface area contributed by atoms with Crippen molar-refractivity contribution >= 4 is 23.5 Å². The third-order valence-corrected chi connectivity index (χ3v) is 3.15. The SMILES string of the molecule is CNCC#Cc1cc(NC(=O)CCCNC(C)=O)ccc1C(=O)OC. The van der Waals surface area contributed by atoms with E-state index in [0.29, 0.717) is 36.3 Å². The molecule has 0 saturated heterocycles. The van der Waals surface area contributed by atoms with Gasteiger partial charge < -0.3 is 20.7 Å². The van der Waals surface area contributed by atoms with Crippen LogP contribution in [0.25, 0.3) is 0 Å². The molecule has 25 heavy (non-hydrogen) atoms. The van der Waals surface area contributed by atoms with Crippen molar-refractivity contribution in [3.63, 3.8) is 0 Å². The molecule has 7 heteroatoms. The van der Waals surface area contributed by atoms with Gasteiger partial charge in [-0.25, -0.2) is 4.79 Å². The molecule has 7 nitrogen and oxygen atoms in total. The highest BCUT2D eigenvalue weighted by atomic mass is 16.5. The number of anilines is 1. The molecule has 1 rings (SSSR count). The van der Waals surface area contributed by atoms with Gasteiger partial charge in [0.2, 0.25) is 11.8 Å². The second-order valence-corrected chi connectivity index (χ2v) is 5.22. The molecule has 0 bridgehead atoms. The van der Waals surface area contributed by atoms with Gasteiger partial charge in [0.1, 0.15) is 0 Å². The Kier molecular flexibility index (Phi) is 8.75. The zero-order valence-corrected chi connectivity index (χ0v) is 14.7. The molecule has 134 valence electrons. The van der Waals surface area contributed by atoms with Crippen molar-refractivity contribution in [1.82, 2.24) is 10.6 Å². The Morgan fingerprint density at radius 2 is 2.00 bits per heavy atom. The Labute approximate surface area is 147 Å². The van der Waals surface area contributed by atoms with E-state index in [2.05, 4.69) is 27.8 Å². The summed E-state index contributed by atoms with van der Waals surface area (Å²) >= 11 is 0. The van der Waals surface area contributed by atoms with Gasteiger partial charge in [-0.2, -0.15) is 0 Å². The second kappa shape index (κ2) is 10.8. The van der Waals surface area contributed by atoms with Crippen LogP contribution in [0.15, 0.2) is 18.2 Å². The highest BCUT2D eigenvalue weighted by Gasteiger charge is 2.12. The summed E-state index contributed by atoms with van der Waals surface area (Å²) in [4.78, 5) is 34.5. The zero-order valence-electron chi connectivity index (χ0n) is 14.7. The Bertz CT molecular complexity index is 689. The van der Waals surface area contributed by atoms with Gasteiger partial charge in [-0.15, -0.1) is 0 Å². The fourth-order valence-corrected chi connectivity index (χ4v) is 1.98. The van der Waals surface area contributed by atoms with Gasteiger partial charge in [0.25, 0.3) is 0 Å². The molecule has 0 aliphatic heterocycles. The van der Waals surface area contributed by atoms with E-state index in [9.17, 15) is 14.4 Å². The molecule has 0 saturated carbocycles. The lowest BCUT2D eigenvalue weighted by Gasteiger charge is -2.08. The highest BCUT2D eigenvalue weighted by molar-refractivity contribution is 5.95. The van der Waals surface area contributed by atoms with E-state index in [0.717, 1.165) is 0 Å². The van der Waals surface area contributed by atoms with E-state index >= 15 is 0 Å². The summed E-state index contributed by atoms with van der Waals surface area (Å²) in [5.74, 6) is 5.00. The number of benzene rings is 1. The second-order valence-electron chi connectivity index (χ2n) is 5.22. The molecule has 2 amide bonds. The van der Waals surface area contributed by atoms with Crippen molar-refractivity contribution < 1.29 is 19.1 Å². The van der Waals surface area contributed by atoms with Crippen LogP contribution in [0, 0.1) is 11.8 Å². The molecule has 0 fully saturated rings. The van der Waals surface area contributed by atoms with Crippen molar-refractivity contribution in [2.24, 2.45) is 0 Å². The van der Waals surface area contributed by atoms with Crippen LogP contribution < -0.4 is 16.0 Å². The first kappa shape index (κ1) is 20.2. The van der Waals surface area contributed by atoms with Gasteiger partial charge in [-0.05, 0) is 31.7 Å². The molecule has 0 heterocycles.